The van der Waals surface area contributed by atoms with Gasteiger partial charge in [-0.25, -0.2) is 0 Å². The van der Waals surface area contributed by atoms with Gasteiger partial charge in [0.15, 0.2) is 0 Å². The van der Waals surface area contributed by atoms with Crippen LogP contribution in [0.15, 0.2) is 267 Å². The molecule has 0 amide bonds. The number of para-hydroxylation sites is 1. The second kappa shape index (κ2) is 21.9. The van der Waals surface area contributed by atoms with Crippen molar-refractivity contribution in [2.75, 3.05) is 4.90 Å². The SMILES string of the molecule is CCCCCCc1ccc2c(c1)c1cc(C3CCCCC3)ccc1n2-c1ccc(-c2ccc(-c3ccc(N(c4ccc5c(c4)C(c4ccccc4)(c4ccccc4)c4ccccc4-5)c4ccccc4-c4ccccc4)cc3)cc2)cc1. The molecule has 394 valence electrons. The molecular formula is C79H68N2. The molecule has 0 unspecified atom stereocenters. The summed E-state index contributed by atoms with van der Waals surface area (Å²) in [6, 6.07) is 100. The standard InChI is InChI=1S/C79H68N2/c1-2-3-4-9-22-56-35-51-77-72(53-56)73-54-63(57-23-10-5-11-24-57)44-52-78(73)81(77)67-47-42-61(43-48-67)59-38-36-58(37-39-59)60-40-45-66(46-41-60)80(76-34-21-19-31-69(76)62-25-12-6-13-26-62)68-49-50-71-70-32-18-20-33-74(70)79(75(71)55-68,64-27-14-7-15-28-64)65-29-16-8-17-30-65/h6-8,12-21,25-55,57H,2-5,9-11,22-24H2,1H3. The van der Waals surface area contributed by atoms with Crippen molar-refractivity contribution in [2.24, 2.45) is 0 Å². The molecule has 0 bridgehead atoms. The van der Waals surface area contributed by atoms with Crippen LogP contribution in [0.1, 0.15) is 104 Å². The van der Waals surface area contributed by atoms with Crippen molar-refractivity contribution in [1.82, 2.24) is 4.57 Å². The second-order valence-electron chi connectivity index (χ2n) is 22.8. The highest BCUT2D eigenvalue weighted by Gasteiger charge is 2.46. The van der Waals surface area contributed by atoms with Crippen LogP contribution in [0, 0.1) is 0 Å². The third-order valence-corrected chi connectivity index (χ3v) is 18.0. The lowest BCUT2D eigenvalue weighted by Crippen LogP contribution is -2.28. The Labute approximate surface area is 478 Å². The first kappa shape index (κ1) is 50.3. The monoisotopic (exact) mass is 1040 g/mol. The first-order chi connectivity index (χ1) is 40.1. The van der Waals surface area contributed by atoms with E-state index in [1.54, 1.807) is 0 Å². The number of hydrogen-bond acceptors (Lipinski definition) is 1. The Kier molecular flexibility index (Phi) is 13.6. The van der Waals surface area contributed by atoms with E-state index in [0.717, 1.165) is 23.5 Å². The van der Waals surface area contributed by atoms with Gasteiger partial charge >= 0.3 is 0 Å². The van der Waals surface area contributed by atoms with Gasteiger partial charge in [0.2, 0.25) is 0 Å². The first-order valence-electron chi connectivity index (χ1n) is 29.8. The summed E-state index contributed by atoms with van der Waals surface area (Å²) in [5.74, 6) is 0.672. The molecule has 14 rings (SSSR count). The van der Waals surface area contributed by atoms with Gasteiger partial charge < -0.3 is 9.47 Å². The molecule has 2 nitrogen and oxygen atoms in total. The van der Waals surface area contributed by atoms with Gasteiger partial charge in [-0.3, -0.25) is 0 Å². The second-order valence-corrected chi connectivity index (χ2v) is 22.8. The van der Waals surface area contributed by atoms with Gasteiger partial charge in [-0.15, -0.1) is 0 Å². The molecule has 0 radical (unpaired) electrons. The molecule has 0 spiro atoms. The fourth-order valence-electron chi connectivity index (χ4n) is 14.0. The molecule has 1 aromatic heterocycles. The number of unbranched alkanes of at least 4 members (excludes halogenated alkanes) is 3. The fourth-order valence-corrected chi connectivity index (χ4v) is 14.0. The molecule has 81 heavy (non-hydrogen) atoms. The molecule has 2 aliphatic rings. The summed E-state index contributed by atoms with van der Waals surface area (Å²) >= 11 is 0. The van der Waals surface area contributed by atoms with E-state index in [4.69, 9.17) is 0 Å². The Morgan fingerprint density at radius 2 is 0.951 bits per heavy atom. The third-order valence-electron chi connectivity index (χ3n) is 18.0. The molecule has 1 fully saturated rings. The number of rotatable bonds is 15. The van der Waals surface area contributed by atoms with E-state index < -0.39 is 5.41 Å². The highest BCUT2D eigenvalue weighted by atomic mass is 15.1. The molecule has 11 aromatic carbocycles. The number of aromatic nitrogens is 1. The van der Waals surface area contributed by atoms with Crippen LogP contribution >= 0.6 is 0 Å². The van der Waals surface area contributed by atoms with Gasteiger partial charge in [0.25, 0.3) is 0 Å². The molecule has 0 aliphatic heterocycles. The minimum atomic E-state index is -0.518. The zero-order chi connectivity index (χ0) is 54.1. The summed E-state index contributed by atoms with van der Waals surface area (Å²) in [5, 5.41) is 2.78. The van der Waals surface area contributed by atoms with Crippen LogP contribution in [-0.4, -0.2) is 4.57 Å². The smallest absolute Gasteiger partial charge is 0.0714 e. The largest absolute Gasteiger partial charge is 0.310 e. The summed E-state index contributed by atoms with van der Waals surface area (Å²) in [5.41, 5.74) is 24.3. The van der Waals surface area contributed by atoms with E-state index in [1.807, 2.05) is 0 Å². The van der Waals surface area contributed by atoms with E-state index in [9.17, 15) is 0 Å². The van der Waals surface area contributed by atoms with E-state index in [2.05, 4.69) is 283 Å². The predicted octanol–water partition coefficient (Wildman–Crippen LogP) is 21.8. The van der Waals surface area contributed by atoms with Crippen LogP contribution in [0.3, 0.4) is 0 Å². The molecule has 0 saturated heterocycles. The maximum Gasteiger partial charge on any atom is 0.0714 e. The maximum absolute atomic E-state index is 2.55. The molecule has 1 heterocycles. The lowest BCUT2D eigenvalue weighted by atomic mass is 9.67. The topological polar surface area (TPSA) is 8.17 Å². The minimum Gasteiger partial charge on any atom is -0.310 e. The van der Waals surface area contributed by atoms with Crippen molar-refractivity contribution in [3.05, 3.63) is 300 Å². The number of nitrogens with zero attached hydrogens (tertiary/aromatic N) is 2. The highest BCUT2D eigenvalue weighted by molar-refractivity contribution is 6.10. The van der Waals surface area contributed by atoms with Crippen molar-refractivity contribution in [3.63, 3.8) is 0 Å². The van der Waals surface area contributed by atoms with Crippen LogP contribution in [0.4, 0.5) is 17.1 Å². The number of fused-ring (bicyclic) bond motifs is 6. The molecular weight excluding hydrogens is 977 g/mol. The fraction of sp³-hybridized carbons (Fsp3) is 0.165. The van der Waals surface area contributed by atoms with E-state index in [0.29, 0.717) is 5.92 Å². The molecule has 0 atom stereocenters. The van der Waals surface area contributed by atoms with Crippen molar-refractivity contribution in [2.45, 2.75) is 82.5 Å². The zero-order valence-electron chi connectivity index (χ0n) is 46.4. The van der Waals surface area contributed by atoms with Gasteiger partial charge in [0, 0.05) is 33.4 Å². The third kappa shape index (κ3) is 9.18. The van der Waals surface area contributed by atoms with Gasteiger partial charge in [-0.2, -0.15) is 0 Å². The van der Waals surface area contributed by atoms with Crippen molar-refractivity contribution >= 4 is 38.9 Å². The highest BCUT2D eigenvalue weighted by Crippen LogP contribution is 2.57. The maximum atomic E-state index is 2.55. The van der Waals surface area contributed by atoms with Gasteiger partial charge in [0.05, 0.1) is 22.1 Å². The Morgan fingerprint density at radius 3 is 1.62 bits per heavy atom. The molecule has 12 aromatic rings. The average molecular weight is 1050 g/mol. The number of hydrogen-bond donors (Lipinski definition) is 0. The van der Waals surface area contributed by atoms with Gasteiger partial charge in [0.1, 0.15) is 0 Å². The van der Waals surface area contributed by atoms with Crippen LogP contribution in [0.25, 0.3) is 72.0 Å². The quantitative estimate of drug-likeness (QED) is 0.0929. The Bertz CT molecular complexity index is 4110. The Morgan fingerprint density at radius 1 is 0.407 bits per heavy atom. The van der Waals surface area contributed by atoms with Gasteiger partial charge in [-0.05, 0) is 171 Å². The molecule has 2 aliphatic carbocycles. The summed E-state index contributed by atoms with van der Waals surface area (Å²) in [4.78, 5) is 2.46. The Balaban J connectivity index is 0.800. The van der Waals surface area contributed by atoms with E-state index in [-0.39, 0.29) is 0 Å². The normalized spacial score (nSPS) is 13.8. The van der Waals surface area contributed by atoms with Crippen molar-refractivity contribution in [3.8, 4) is 50.2 Å². The van der Waals surface area contributed by atoms with Crippen molar-refractivity contribution in [1.29, 1.82) is 0 Å². The minimum absolute atomic E-state index is 0.518. The lowest BCUT2D eigenvalue weighted by molar-refractivity contribution is 0.444. The molecule has 0 N–H and O–H groups in total. The number of benzene rings is 11. The van der Waals surface area contributed by atoms with E-state index >= 15 is 0 Å². The summed E-state index contributed by atoms with van der Waals surface area (Å²) in [7, 11) is 0. The summed E-state index contributed by atoms with van der Waals surface area (Å²) in [6.07, 6.45) is 13.0. The van der Waals surface area contributed by atoms with E-state index in [1.165, 1.54) is 163 Å². The number of anilines is 3. The zero-order valence-corrected chi connectivity index (χ0v) is 46.4. The Hall–Kier alpha value is -8.98. The van der Waals surface area contributed by atoms with Crippen LogP contribution < -0.4 is 4.90 Å². The summed E-state index contributed by atoms with van der Waals surface area (Å²) < 4.78 is 2.50. The van der Waals surface area contributed by atoms with Crippen LogP contribution in [0.5, 0.6) is 0 Å². The van der Waals surface area contributed by atoms with Crippen LogP contribution in [-0.2, 0) is 11.8 Å². The first-order valence-corrected chi connectivity index (χ1v) is 29.8. The lowest BCUT2D eigenvalue weighted by Gasteiger charge is -2.35. The number of aryl methyl sites for hydroxylation is 1. The van der Waals surface area contributed by atoms with Crippen LogP contribution in [0.2, 0.25) is 0 Å². The van der Waals surface area contributed by atoms with Crippen molar-refractivity contribution < 1.29 is 0 Å². The molecule has 2 heteroatoms. The predicted molar refractivity (Wildman–Crippen MR) is 343 cm³/mol. The molecule has 1 saturated carbocycles. The summed E-state index contributed by atoms with van der Waals surface area (Å²) in [6.45, 7) is 2.30. The average Bonchev–Trinajstić information content (AvgIpc) is 3.82. The van der Waals surface area contributed by atoms with Gasteiger partial charge in [-0.1, -0.05) is 246 Å².